The van der Waals surface area contributed by atoms with E-state index in [2.05, 4.69) is 0 Å². The molecule has 0 aromatic heterocycles. The van der Waals surface area contributed by atoms with E-state index in [1.54, 1.807) is 0 Å². The van der Waals surface area contributed by atoms with Gasteiger partial charge in [-0.1, -0.05) is 11.6 Å². The Bertz CT molecular complexity index is 485. The van der Waals surface area contributed by atoms with Crippen LogP contribution in [0.1, 0.15) is 0 Å². The van der Waals surface area contributed by atoms with Gasteiger partial charge in [-0.25, -0.2) is 8.42 Å². The smallest absolute Gasteiger partial charge is 0.308 e. The molecule has 0 unspecified atom stereocenters. The number of benzene rings is 1. The van der Waals surface area contributed by atoms with E-state index in [1.807, 2.05) is 5.32 Å². The van der Waals surface area contributed by atoms with Gasteiger partial charge in [-0.05, 0) is 24.3 Å². The molecule has 18 heavy (non-hydrogen) atoms. The number of halogens is 4. The van der Waals surface area contributed by atoms with Gasteiger partial charge in [-0.2, -0.15) is 13.2 Å². The summed E-state index contributed by atoms with van der Waals surface area (Å²) >= 11 is 5.61. The van der Waals surface area contributed by atoms with Gasteiger partial charge in [0.15, 0.2) is 9.84 Å². The van der Waals surface area contributed by atoms with Gasteiger partial charge in [0.1, 0.15) is 0 Å². The number of rotatable bonds is 5. The molecular weight excluding hydrogens is 291 g/mol. The van der Waals surface area contributed by atoms with Crippen LogP contribution >= 0.6 is 11.6 Å². The van der Waals surface area contributed by atoms with E-state index in [-0.39, 0.29) is 11.4 Å². The van der Waals surface area contributed by atoms with E-state index in [0.717, 1.165) is 0 Å². The lowest BCUT2D eigenvalue weighted by Crippen LogP contribution is -2.32. The summed E-state index contributed by atoms with van der Waals surface area (Å²) in [5.41, 5.74) is 0. The standard InChI is InChI=1S/C10H11ClF3NO2S/c11-8-1-3-9(4-2-8)18(16,17)6-5-15-7-10(12,13)14/h1-4,15H,5-7H2. The van der Waals surface area contributed by atoms with Crippen molar-refractivity contribution in [1.29, 1.82) is 0 Å². The molecule has 1 aromatic carbocycles. The maximum atomic E-state index is 11.8. The van der Waals surface area contributed by atoms with Crippen molar-refractivity contribution in [2.24, 2.45) is 0 Å². The topological polar surface area (TPSA) is 46.2 Å². The van der Waals surface area contributed by atoms with Gasteiger partial charge in [-0.15, -0.1) is 0 Å². The maximum Gasteiger partial charge on any atom is 0.401 e. The second-order valence-corrected chi connectivity index (χ2v) is 6.11. The summed E-state index contributed by atoms with van der Waals surface area (Å²) in [6.07, 6.45) is -4.34. The Morgan fingerprint density at radius 2 is 1.72 bits per heavy atom. The maximum absolute atomic E-state index is 11.8. The van der Waals surface area contributed by atoms with Crippen LogP contribution in [0.2, 0.25) is 5.02 Å². The third-order valence-corrected chi connectivity index (χ3v) is 4.03. The molecule has 3 nitrogen and oxygen atoms in total. The Morgan fingerprint density at radius 3 is 2.22 bits per heavy atom. The van der Waals surface area contributed by atoms with Crippen molar-refractivity contribution >= 4 is 21.4 Å². The molecule has 0 aliphatic rings. The average Bonchev–Trinajstić information content (AvgIpc) is 2.24. The highest BCUT2D eigenvalue weighted by Gasteiger charge is 2.26. The van der Waals surface area contributed by atoms with E-state index in [1.165, 1.54) is 24.3 Å². The second kappa shape index (κ2) is 5.90. The molecule has 0 heterocycles. The Balaban J connectivity index is 2.53. The predicted octanol–water partition coefficient (Wildman–Crippen LogP) is 2.27. The van der Waals surface area contributed by atoms with E-state index in [0.29, 0.717) is 5.02 Å². The fourth-order valence-corrected chi connectivity index (χ4v) is 2.52. The predicted molar refractivity (Wildman–Crippen MR) is 62.4 cm³/mol. The van der Waals surface area contributed by atoms with E-state index < -0.39 is 28.3 Å². The van der Waals surface area contributed by atoms with Gasteiger partial charge in [0.05, 0.1) is 17.2 Å². The lowest BCUT2D eigenvalue weighted by Gasteiger charge is -2.08. The van der Waals surface area contributed by atoms with Crippen LogP contribution in [0.3, 0.4) is 0 Å². The Morgan fingerprint density at radius 1 is 1.17 bits per heavy atom. The van der Waals surface area contributed by atoms with Crippen LogP contribution in [0.25, 0.3) is 0 Å². The molecule has 0 amide bonds. The normalized spacial score (nSPS) is 12.7. The zero-order valence-electron chi connectivity index (χ0n) is 9.17. The van der Waals surface area contributed by atoms with Crippen LogP contribution in [-0.4, -0.2) is 33.4 Å². The largest absolute Gasteiger partial charge is 0.401 e. The summed E-state index contributed by atoms with van der Waals surface area (Å²) in [5.74, 6) is -0.398. The van der Waals surface area contributed by atoms with Crippen molar-refractivity contribution in [2.45, 2.75) is 11.1 Å². The van der Waals surface area contributed by atoms with Crippen molar-refractivity contribution in [3.8, 4) is 0 Å². The third kappa shape index (κ3) is 5.24. The van der Waals surface area contributed by atoms with Crippen LogP contribution in [0.5, 0.6) is 0 Å². The van der Waals surface area contributed by atoms with Crippen molar-refractivity contribution < 1.29 is 21.6 Å². The molecule has 0 saturated carbocycles. The van der Waals surface area contributed by atoms with Gasteiger partial charge in [0.25, 0.3) is 0 Å². The number of nitrogens with one attached hydrogen (secondary N) is 1. The SMILES string of the molecule is O=S(=O)(CCNCC(F)(F)F)c1ccc(Cl)cc1. The first-order chi connectivity index (χ1) is 8.21. The minimum Gasteiger partial charge on any atom is -0.308 e. The quantitative estimate of drug-likeness (QED) is 0.849. The monoisotopic (exact) mass is 301 g/mol. The molecule has 1 N–H and O–H groups in total. The van der Waals surface area contributed by atoms with Gasteiger partial charge >= 0.3 is 6.18 Å². The molecule has 0 bridgehead atoms. The van der Waals surface area contributed by atoms with Crippen molar-refractivity contribution in [3.05, 3.63) is 29.3 Å². The van der Waals surface area contributed by atoms with Crippen molar-refractivity contribution in [3.63, 3.8) is 0 Å². The van der Waals surface area contributed by atoms with Crippen LogP contribution < -0.4 is 5.32 Å². The highest BCUT2D eigenvalue weighted by atomic mass is 35.5. The molecule has 0 radical (unpaired) electrons. The minimum atomic E-state index is -4.34. The van der Waals surface area contributed by atoms with Gasteiger partial charge in [0.2, 0.25) is 0 Å². The average molecular weight is 302 g/mol. The Kier molecular flexibility index (Phi) is 5.01. The van der Waals surface area contributed by atoms with E-state index in [4.69, 9.17) is 11.6 Å². The molecule has 0 aliphatic heterocycles. The first kappa shape index (κ1) is 15.3. The molecule has 1 aromatic rings. The fourth-order valence-electron chi connectivity index (χ4n) is 1.20. The van der Waals surface area contributed by atoms with E-state index >= 15 is 0 Å². The van der Waals surface area contributed by atoms with Crippen LogP contribution in [0.15, 0.2) is 29.2 Å². The first-order valence-electron chi connectivity index (χ1n) is 4.96. The molecule has 1 rings (SSSR count). The zero-order chi connectivity index (χ0) is 13.8. The van der Waals surface area contributed by atoms with Gasteiger partial charge in [-0.3, -0.25) is 0 Å². The molecule has 0 saturated heterocycles. The summed E-state index contributed by atoms with van der Waals surface area (Å²) in [4.78, 5) is 0.0423. The lowest BCUT2D eigenvalue weighted by molar-refractivity contribution is -0.124. The number of alkyl halides is 3. The van der Waals surface area contributed by atoms with Gasteiger partial charge in [0, 0.05) is 11.6 Å². The second-order valence-electron chi connectivity index (χ2n) is 3.56. The lowest BCUT2D eigenvalue weighted by atomic mass is 10.4. The zero-order valence-corrected chi connectivity index (χ0v) is 10.7. The van der Waals surface area contributed by atoms with Gasteiger partial charge < -0.3 is 5.32 Å². The molecule has 0 fully saturated rings. The summed E-state index contributed by atoms with van der Waals surface area (Å²) in [7, 11) is -3.58. The fraction of sp³-hybridized carbons (Fsp3) is 0.400. The number of hydrogen-bond acceptors (Lipinski definition) is 3. The highest BCUT2D eigenvalue weighted by Crippen LogP contribution is 2.15. The Labute approximate surface area is 108 Å². The van der Waals surface area contributed by atoms with Crippen LogP contribution in [0, 0.1) is 0 Å². The summed E-state index contributed by atoms with van der Waals surface area (Å²) in [6.45, 7) is -1.46. The van der Waals surface area contributed by atoms with Crippen LogP contribution in [-0.2, 0) is 9.84 Å². The molecule has 0 spiro atoms. The van der Waals surface area contributed by atoms with Crippen LogP contribution in [0.4, 0.5) is 13.2 Å². The summed E-state index contributed by atoms with van der Waals surface area (Å²) < 4.78 is 58.9. The number of hydrogen-bond donors (Lipinski definition) is 1. The molecule has 0 atom stereocenters. The molecule has 0 aliphatic carbocycles. The highest BCUT2D eigenvalue weighted by molar-refractivity contribution is 7.91. The molecule has 8 heteroatoms. The first-order valence-corrected chi connectivity index (χ1v) is 6.99. The summed E-state index contributed by atoms with van der Waals surface area (Å²) in [5, 5.41) is 2.43. The minimum absolute atomic E-state index is 0.0423. The molecular formula is C10H11ClF3NO2S. The number of sulfone groups is 1. The van der Waals surface area contributed by atoms with E-state index in [9.17, 15) is 21.6 Å². The third-order valence-electron chi connectivity index (χ3n) is 2.05. The van der Waals surface area contributed by atoms with Crippen molar-refractivity contribution in [1.82, 2.24) is 5.32 Å². The summed E-state index contributed by atoms with van der Waals surface area (Å²) in [6, 6.07) is 5.47. The molecule has 102 valence electrons. The van der Waals surface area contributed by atoms with Crippen molar-refractivity contribution in [2.75, 3.05) is 18.8 Å². The Hall–Kier alpha value is -0.790.